The van der Waals surface area contributed by atoms with Crippen LogP contribution in [0.25, 0.3) is 16.6 Å². The summed E-state index contributed by atoms with van der Waals surface area (Å²) in [7, 11) is 3.07. The van der Waals surface area contributed by atoms with Crippen molar-refractivity contribution in [2.45, 2.75) is 25.3 Å². The molecule has 9 nitrogen and oxygen atoms in total. The Morgan fingerprint density at radius 2 is 1.85 bits per heavy atom. The van der Waals surface area contributed by atoms with Crippen LogP contribution < -0.4 is 20.3 Å². The molecule has 1 aliphatic rings. The van der Waals surface area contributed by atoms with Gasteiger partial charge in [-0.2, -0.15) is 10.2 Å². The number of fused-ring (bicyclic) bond motifs is 1. The van der Waals surface area contributed by atoms with Gasteiger partial charge < -0.3 is 14.8 Å². The number of nitrogens with zero attached hydrogens (tertiary/aromatic N) is 4. The van der Waals surface area contributed by atoms with Gasteiger partial charge in [0.05, 0.1) is 31.8 Å². The normalized spacial score (nSPS) is 13.2. The summed E-state index contributed by atoms with van der Waals surface area (Å²) in [5.74, 6) is 0.960. The summed E-state index contributed by atoms with van der Waals surface area (Å²) in [6, 6.07) is 14.5. The summed E-state index contributed by atoms with van der Waals surface area (Å²) in [4.78, 5) is 26.2. The monoisotopic (exact) mass is 445 g/mol. The number of carbonyl (C=O) groups excluding carboxylic acids is 1. The number of benzene rings is 2. The largest absolute Gasteiger partial charge is 0.493 e. The van der Waals surface area contributed by atoms with Gasteiger partial charge in [0.25, 0.3) is 5.56 Å². The van der Waals surface area contributed by atoms with Crippen molar-refractivity contribution in [2.75, 3.05) is 19.5 Å². The molecule has 0 atom stereocenters. The molecule has 33 heavy (non-hydrogen) atoms. The zero-order valence-corrected chi connectivity index (χ0v) is 18.3. The molecule has 1 N–H and O–H groups in total. The number of ether oxygens (including phenoxy) is 2. The Kier molecular flexibility index (Phi) is 5.29. The van der Waals surface area contributed by atoms with E-state index in [1.54, 1.807) is 36.2 Å². The number of amides is 1. The first-order valence-electron chi connectivity index (χ1n) is 10.6. The van der Waals surface area contributed by atoms with Gasteiger partial charge in [-0.15, -0.1) is 0 Å². The maximum atomic E-state index is 13.4. The lowest BCUT2D eigenvalue weighted by Gasteiger charge is -2.12. The topological polar surface area (TPSA) is 100 Å². The average Bonchev–Trinajstić information content (AvgIpc) is 3.58. The van der Waals surface area contributed by atoms with E-state index in [0.29, 0.717) is 22.7 Å². The predicted molar refractivity (Wildman–Crippen MR) is 123 cm³/mol. The van der Waals surface area contributed by atoms with E-state index in [1.165, 1.54) is 11.8 Å². The van der Waals surface area contributed by atoms with Crippen molar-refractivity contribution in [2.24, 2.45) is 0 Å². The minimum Gasteiger partial charge on any atom is -0.493 e. The van der Waals surface area contributed by atoms with Gasteiger partial charge in [-0.25, -0.2) is 9.36 Å². The molecule has 1 saturated carbocycles. The molecule has 2 heterocycles. The molecule has 1 fully saturated rings. The van der Waals surface area contributed by atoms with Gasteiger partial charge in [0.1, 0.15) is 12.1 Å². The Bertz CT molecular complexity index is 1390. The Hall–Kier alpha value is -4.14. The van der Waals surface area contributed by atoms with Crippen LogP contribution in [0.4, 0.5) is 5.69 Å². The van der Waals surface area contributed by atoms with Crippen LogP contribution >= 0.6 is 0 Å². The number of carbonyl (C=O) groups is 1. The SMILES string of the molecule is COc1ccc(NC(=O)Cn2nc(C3CC3)c3cnn(-c4ccccc4)c3c2=O)cc1OC. The van der Waals surface area contributed by atoms with E-state index < -0.39 is 0 Å². The Morgan fingerprint density at radius 3 is 2.55 bits per heavy atom. The molecule has 1 aliphatic carbocycles. The van der Waals surface area contributed by atoms with Crippen molar-refractivity contribution in [1.29, 1.82) is 0 Å². The van der Waals surface area contributed by atoms with Crippen LogP contribution in [0.3, 0.4) is 0 Å². The highest BCUT2D eigenvalue weighted by Crippen LogP contribution is 2.41. The number of hydrogen-bond acceptors (Lipinski definition) is 6. The number of nitrogens with one attached hydrogen (secondary N) is 1. The molecule has 5 rings (SSSR count). The minimum atomic E-state index is -0.372. The van der Waals surface area contributed by atoms with Gasteiger partial charge in [-0.3, -0.25) is 9.59 Å². The second-order valence-corrected chi connectivity index (χ2v) is 7.89. The summed E-state index contributed by atoms with van der Waals surface area (Å²) >= 11 is 0. The van der Waals surface area contributed by atoms with E-state index in [2.05, 4.69) is 15.5 Å². The fourth-order valence-electron chi connectivity index (χ4n) is 3.87. The maximum Gasteiger partial charge on any atom is 0.293 e. The third kappa shape index (κ3) is 3.93. The number of anilines is 1. The van der Waals surface area contributed by atoms with Gasteiger partial charge in [0.2, 0.25) is 5.91 Å². The maximum absolute atomic E-state index is 13.4. The van der Waals surface area contributed by atoms with Gasteiger partial charge in [-0.05, 0) is 37.1 Å². The molecule has 168 valence electrons. The summed E-state index contributed by atoms with van der Waals surface area (Å²) < 4.78 is 13.4. The van der Waals surface area contributed by atoms with Crippen molar-refractivity contribution >= 4 is 22.5 Å². The first-order chi connectivity index (χ1) is 16.1. The third-order valence-corrected chi connectivity index (χ3v) is 5.64. The zero-order chi connectivity index (χ0) is 22.9. The van der Waals surface area contributed by atoms with Crippen LogP contribution in [0.1, 0.15) is 24.5 Å². The first kappa shape index (κ1) is 20.7. The molecule has 1 amide bonds. The molecule has 4 aromatic rings. The van der Waals surface area contributed by atoms with Gasteiger partial charge >= 0.3 is 0 Å². The highest BCUT2D eigenvalue weighted by Gasteiger charge is 2.30. The Balaban J connectivity index is 1.50. The fourth-order valence-corrected chi connectivity index (χ4v) is 3.87. The second kappa shape index (κ2) is 8.42. The van der Waals surface area contributed by atoms with Crippen LogP contribution in [-0.4, -0.2) is 39.7 Å². The highest BCUT2D eigenvalue weighted by molar-refractivity contribution is 5.91. The van der Waals surface area contributed by atoms with Crippen molar-refractivity contribution in [3.63, 3.8) is 0 Å². The van der Waals surface area contributed by atoms with E-state index in [9.17, 15) is 9.59 Å². The molecule has 0 aliphatic heterocycles. The number of methoxy groups -OCH3 is 2. The molecular weight excluding hydrogens is 422 g/mol. The predicted octanol–water partition coefficient (Wildman–Crippen LogP) is 3.12. The van der Waals surface area contributed by atoms with Crippen LogP contribution in [0, 0.1) is 0 Å². The fraction of sp³-hybridized carbons (Fsp3) is 0.250. The molecule has 9 heteroatoms. The standard InChI is InChI=1S/C24H23N5O4/c1-32-19-11-10-16(12-20(19)33-2)26-21(30)14-28-24(31)23-18(22(27-28)15-8-9-15)13-25-29(23)17-6-4-3-5-7-17/h3-7,10-13,15H,8-9,14H2,1-2H3,(H,26,30). The lowest BCUT2D eigenvalue weighted by Crippen LogP contribution is -2.31. The molecule has 0 spiro atoms. The molecule has 0 saturated heterocycles. The lowest BCUT2D eigenvalue weighted by atomic mass is 10.2. The molecule has 0 bridgehead atoms. The van der Waals surface area contributed by atoms with Crippen LogP contribution in [0.2, 0.25) is 0 Å². The van der Waals surface area contributed by atoms with Crippen molar-refractivity contribution in [3.8, 4) is 17.2 Å². The van der Waals surface area contributed by atoms with E-state index in [1.807, 2.05) is 30.3 Å². The number of aromatic nitrogens is 4. The summed E-state index contributed by atoms with van der Waals surface area (Å²) in [5, 5.41) is 12.6. The number of para-hydroxylation sites is 1. The Morgan fingerprint density at radius 1 is 1.09 bits per heavy atom. The molecule has 2 aromatic heterocycles. The Labute approximate surface area is 189 Å². The average molecular weight is 445 g/mol. The number of rotatable bonds is 7. The van der Waals surface area contributed by atoms with Crippen LogP contribution in [-0.2, 0) is 11.3 Å². The van der Waals surface area contributed by atoms with E-state index in [4.69, 9.17) is 9.47 Å². The van der Waals surface area contributed by atoms with E-state index >= 15 is 0 Å². The highest BCUT2D eigenvalue weighted by atomic mass is 16.5. The van der Waals surface area contributed by atoms with Crippen LogP contribution in [0.15, 0.2) is 59.5 Å². The summed E-state index contributed by atoms with van der Waals surface area (Å²) in [5.41, 5.74) is 2.18. The summed E-state index contributed by atoms with van der Waals surface area (Å²) in [6.07, 6.45) is 3.71. The van der Waals surface area contributed by atoms with Gasteiger partial charge in [0.15, 0.2) is 11.5 Å². The smallest absolute Gasteiger partial charge is 0.293 e. The molecular formula is C24H23N5O4. The summed E-state index contributed by atoms with van der Waals surface area (Å²) in [6.45, 7) is -0.219. The molecule has 0 radical (unpaired) electrons. The van der Waals surface area contributed by atoms with Gasteiger partial charge in [-0.1, -0.05) is 18.2 Å². The number of hydrogen-bond donors (Lipinski definition) is 1. The molecule has 0 unspecified atom stereocenters. The van der Waals surface area contributed by atoms with Crippen molar-refractivity contribution in [3.05, 3.63) is 70.8 Å². The van der Waals surface area contributed by atoms with Crippen molar-refractivity contribution < 1.29 is 14.3 Å². The molecule has 2 aromatic carbocycles. The lowest BCUT2D eigenvalue weighted by molar-refractivity contribution is -0.117. The van der Waals surface area contributed by atoms with Gasteiger partial charge in [0, 0.05) is 23.1 Å². The van der Waals surface area contributed by atoms with E-state index in [-0.39, 0.29) is 23.9 Å². The quantitative estimate of drug-likeness (QED) is 0.469. The zero-order valence-electron chi connectivity index (χ0n) is 18.3. The minimum absolute atomic E-state index is 0.219. The third-order valence-electron chi connectivity index (χ3n) is 5.64. The van der Waals surface area contributed by atoms with Crippen molar-refractivity contribution in [1.82, 2.24) is 19.6 Å². The van der Waals surface area contributed by atoms with Crippen LogP contribution in [0.5, 0.6) is 11.5 Å². The van der Waals surface area contributed by atoms with E-state index in [0.717, 1.165) is 29.6 Å². The first-order valence-corrected chi connectivity index (χ1v) is 10.6. The second-order valence-electron chi connectivity index (χ2n) is 7.89.